The quantitative estimate of drug-likeness (QED) is 0.778. The fourth-order valence-electron chi connectivity index (χ4n) is 3.20. The molecule has 0 radical (unpaired) electrons. The van der Waals surface area contributed by atoms with Crippen LogP contribution in [0.15, 0.2) is 61.2 Å². The van der Waals surface area contributed by atoms with Crippen LogP contribution in [0.25, 0.3) is 5.82 Å². The van der Waals surface area contributed by atoms with Crippen molar-refractivity contribution in [3.63, 3.8) is 0 Å². The number of carbonyl (C=O) groups is 1. The Balaban J connectivity index is 1.37. The first-order valence-electron chi connectivity index (χ1n) is 9.02. The number of amides is 2. The van der Waals surface area contributed by atoms with E-state index in [4.69, 9.17) is 0 Å². The highest BCUT2D eigenvalue weighted by Gasteiger charge is 2.22. The predicted molar refractivity (Wildman–Crippen MR) is 105 cm³/mol. The third-order valence-corrected chi connectivity index (χ3v) is 4.67. The van der Waals surface area contributed by atoms with Gasteiger partial charge in [-0.1, -0.05) is 12.1 Å². The number of anilines is 2. The summed E-state index contributed by atoms with van der Waals surface area (Å²) in [5.74, 6) is 1.72. The van der Waals surface area contributed by atoms with Crippen LogP contribution < -0.4 is 10.2 Å². The zero-order valence-corrected chi connectivity index (χ0v) is 15.2. The topological polar surface area (TPSA) is 66.3 Å². The highest BCUT2D eigenvalue weighted by Crippen LogP contribution is 2.17. The van der Waals surface area contributed by atoms with Crippen LogP contribution in [-0.2, 0) is 0 Å². The minimum absolute atomic E-state index is 0.0593. The molecule has 0 spiro atoms. The van der Waals surface area contributed by atoms with Gasteiger partial charge < -0.3 is 19.7 Å². The zero-order valence-electron chi connectivity index (χ0n) is 15.2. The first-order chi connectivity index (χ1) is 13.2. The molecule has 2 aromatic heterocycles. The van der Waals surface area contributed by atoms with E-state index in [1.54, 1.807) is 6.33 Å². The first kappa shape index (κ1) is 17.1. The van der Waals surface area contributed by atoms with E-state index in [1.165, 1.54) is 0 Å². The molecule has 1 aromatic carbocycles. The van der Waals surface area contributed by atoms with Crippen molar-refractivity contribution in [2.24, 2.45) is 0 Å². The number of piperazine rings is 1. The Morgan fingerprint density at radius 1 is 0.963 bits per heavy atom. The van der Waals surface area contributed by atoms with E-state index in [0.717, 1.165) is 36.0 Å². The average Bonchev–Trinajstić information content (AvgIpc) is 3.23. The van der Waals surface area contributed by atoms with Crippen LogP contribution in [0, 0.1) is 6.92 Å². The van der Waals surface area contributed by atoms with Gasteiger partial charge in [0.1, 0.15) is 18.0 Å². The molecule has 3 heterocycles. The summed E-state index contributed by atoms with van der Waals surface area (Å²) in [6.07, 6.45) is 5.50. The summed E-state index contributed by atoms with van der Waals surface area (Å²) in [5.41, 5.74) is 1.95. The van der Waals surface area contributed by atoms with Gasteiger partial charge >= 0.3 is 6.03 Å². The highest BCUT2D eigenvalue weighted by molar-refractivity contribution is 5.89. The van der Waals surface area contributed by atoms with Gasteiger partial charge in [-0.2, -0.15) is 0 Å². The summed E-state index contributed by atoms with van der Waals surface area (Å²) in [7, 11) is 0. The molecule has 7 heteroatoms. The van der Waals surface area contributed by atoms with Gasteiger partial charge in [-0.25, -0.2) is 14.8 Å². The number of urea groups is 1. The molecule has 0 unspecified atom stereocenters. The number of carbonyl (C=O) groups excluding carboxylic acids is 1. The minimum atomic E-state index is -0.0593. The van der Waals surface area contributed by atoms with Crippen molar-refractivity contribution in [2.75, 3.05) is 36.4 Å². The molecule has 2 amide bonds. The zero-order chi connectivity index (χ0) is 18.6. The van der Waals surface area contributed by atoms with Gasteiger partial charge in [0.2, 0.25) is 0 Å². The molecule has 27 heavy (non-hydrogen) atoms. The number of benzene rings is 1. The SMILES string of the molecule is Cc1cccc(NC(=O)N2CCN(c3cc(-n4cccc4)ncn3)CC2)c1. The van der Waals surface area contributed by atoms with Crippen molar-refractivity contribution in [2.45, 2.75) is 6.92 Å². The number of hydrogen-bond donors (Lipinski definition) is 1. The molecule has 1 fully saturated rings. The van der Waals surface area contributed by atoms with Crippen LogP contribution in [0.1, 0.15) is 5.56 Å². The van der Waals surface area contributed by atoms with E-state index in [9.17, 15) is 4.79 Å². The molecule has 3 aromatic rings. The maximum Gasteiger partial charge on any atom is 0.321 e. The summed E-state index contributed by atoms with van der Waals surface area (Å²) < 4.78 is 1.96. The maximum atomic E-state index is 12.5. The summed E-state index contributed by atoms with van der Waals surface area (Å²) >= 11 is 0. The maximum absolute atomic E-state index is 12.5. The van der Waals surface area contributed by atoms with Crippen LogP contribution >= 0.6 is 0 Å². The molecule has 7 nitrogen and oxygen atoms in total. The Labute approximate surface area is 158 Å². The average molecular weight is 362 g/mol. The van der Waals surface area contributed by atoms with Crippen LogP contribution in [-0.4, -0.2) is 51.6 Å². The van der Waals surface area contributed by atoms with Crippen molar-refractivity contribution in [1.29, 1.82) is 0 Å². The van der Waals surface area contributed by atoms with Crippen molar-refractivity contribution in [3.05, 3.63) is 66.7 Å². The van der Waals surface area contributed by atoms with E-state index in [-0.39, 0.29) is 6.03 Å². The molecule has 0 saturated carbocycles. The Kier molecular flexibility index (Phi) is 4.74. The summed E-state index contributed by atoms with van der Waals surface area (Å²) in [5, 5.41) is 2.97. The lowest BCUT2D eigenvalue weighted by Gasteiger charge is -2.35. The van der Waals surface area contributed by atoms with E-state index in [0.29, 0.717) is 13.1 Å². The van der Waals surface area contributed by atoms with E-state index in [2.05, 4.69) is 20.2 Å². The lowest BCUT2D eigenvalue weighted by Crippen LogP contribution is -2.50. The Bertz CT molecular complexity index is 916. The van der Waals surface area contributed by atoms with Gasteiger partial charge in [-0.15, -0.1) is 0 Å². The molecule has 0 bridgehead atoms. The molecule has 0 atom stereocenters. The van der Waals surface area contributed by atoms with Crippen molar-refractivity contribution >= 4 is 17.5 Å². The summed E-state index contributed by atoms with van der Waals surface area (Å²) in [6.45, 7) is 4.80. The molecule has 1 saturated heterocycles. The molecule has 1 N–H and O–H groups in total. The van der Waals surface area contributed by atoms with Crippen LogP contribution in [0.4, 0.5) is 16.3 Å². The van der Waals surface area contributed by atoms with Crippen LogP contribution in [0.2, 0.25) is 0 Å². The van der Waals surface area contributed by atoms with Crippen LogP contribution in [0.3, 0.4) is 0 Å². The number of rotatable bonds is 3. The summed E-state index contributed by atoms with van der Waals surface area (Å²) in [4.78, 5) is 25.3. The fraction of sp³-hybridized carbons (Fsp3) is 0.250. The molecule has 138 valence electrons. The second-order valence-electron chi connectivity index (χ2n) is 6.60. The van der Waals surface area contributed by atoms with Crippen molar-refractivity contribution < 1.29 is 4.79 Å². The Hall–Kier alpha value is -3.35. The first-order valence-corrected chi connectivity index (χ1v) is 9.02. The second-order valence-corrected chi connectivity index (χ2v) is 6.60. The predicted octanol–water partition coefficient (Wildman–Crippen LogP) is 2.93. The van der Waals surface area contributed by atoms with Crippen LogP contribution in [0.5, 0.6) is 0 Å². The fourth-order valence-corrected chi connectivity index (χ4v) is 3.20. The third kappa shape index (κ3) is 3.92. The van der Waals surface area contributed by atoms with Gasteiger partial charge in [0.15, 0.2) is 0 Å². The Morgan fingerprint density at radius 2 is 1.70 bits per heavy atom. The van der Waals surface area contributed by atoms with Gasteiger partial charge in [-0.05, 0) is 36.8 Å². The van der Waals surface area contributed by atoms with E-state index < -0.39 is 0 Å². The van der Waals surface area contributed by atoms with Gasteiger partial charge in [0, 0.05) is 50.3 Å². The Morgan fingerprint density at radius 3 is 2.44 bits per heavy atom. The van der Waals surface area contributed by atoms with Gasteiger partial charge in [0.05, 0.1) is 0 Å². The normalized spacial score (nSPS) is 14.3. The highest BCUT2D eigenvalue weighted by atomic mass is 16.2. The summed E-state index contributed by atoms with van der Waals surface area (Å²) in [6, 6.07) is 13.7. The standard InChI is InChI=1S/C20H22N6O/c1-16-5-4-6-17(13-16)23-20(27)26-11-9-25(10-12-26)19-14-18(21-15-22-19)24-7-2-3-8-24/h2-8,13-15H,9-12H2,1H3,(H,23,27). The minimum Gasteiger partial charge on any atom is -0.353 e. The van der Waals surface area contributed by atoms with E-state index >= 15 is 0 Å². The van der Waals surface area contributed by atoms with Crippen molar-refractivity contribution in [3.8, 4) is 5.82 Å². The van der Waals surface area contributed by atoms with Gasteiger partial charge in [0.25, 0.3) is 0 Å². The largest absolute Gasteiger partial charge is 0.353 e. The molecule has 4 rings (SSSR count). The molecule has 1 aliphatic rings. The number of aryl methyl sites for hydroxylation is 1. The lowest BCUT2D eigenvalue weighted by atomic mass is 10.2. The van der Waals surface area contributed by atoms with E-state index in [1.807, 2.05) is 71.2 Å². The number of hydrogen-bond acceptors (Lipinski definition) is 4. The smallest absolute Gasteiger partial charge is 0.321 e. The molecular formula is C20H22N6O. The monoisotopic (exact) mass is 362 g/mol. The van der Waals surface area contributed by atoms with Crippen molar-refractivity contribution in [1.82, 2.24) is 19.4 Å². The lowest BCUT2D eigenvalue weighted by molar-refractivity contribution is 0.208. The number of nitrogens with one attached hydrogen (secondary N) is 1. The molecule has 0 aliphatic carbocycles. The number of nitrogens with zero attached hydrogens (tertiary/aromatic N) is 5. The second kappa shape index (κ2) is 7.49. The molecule has 1 aliphatic heterocycles. The number of aromatic nitrogens is 3. The third-order valence-electron chi connectivity index (χ3n) is 4.67. The van der Waals surface area contributed by atoms with Gasteiger partial charge in [-0.3, -0.25) is 0 Å². The molecular weight excluding hydrogens is 340 g/mol.